The number of thioether (sulfide) groups is 1. The van der Waals surface area contributed by atoms with E-state index in [2.05, 4.69) is 42.6 Å². The Hall–Kier alpha value is -1.97. The van der Waals surface area contributed by atoms with Gasteiger partial charge in [0.25, 0.3) is 0 Å². The van der Waals surface area contributed by atoms with Crippen molar-refractivity contribution in [1.82, 2.24) is 19.9 Å². The maximum atomic E-state index is 5.16. The standard InChI is InChI=1S/C24H36N6OS2/c1-8-17(24(4,5)32-7)9-11-26-21-19(15(2)28-23(30-21)27-13-14-31-6)22-29-20-16(3)25-12-10-18(20)33-22/h10,12,17H,8-9,11,13-14H2,1-7H3,(H2,26,27,28,30). The molecular formula is C24H36N6OS2. The quantitative estimate of drug-likeness (QED) is 0.310. The number of nitrogens with zero attached hydrogens (tertiary/aromatic N) is 4. The molecule has 33 heavy (non-hydrogen) atoms. The van der Waals surface area contributed by atoms with Crippen molar-refractivity contribution in [2.45, 2.75) is 52.2 Å². The molecule has 0 amide bonds. The lowest BCUT2D eigenvalue weighted by Crippen LogP contribution is -2.28. The molecule has 9 heteroatoms. The summed E-state index contributed by atoms with van der Waals surface area (Å²) in [5, 5.41) is 7.81. The van der Waals surface area contributed by atoms with Crippen molar-refractivity contribution in [1.29, 1.82) is 0 Å². The lowest BCUT2D eigenvalue weighted by atomic mass is 9.89. The molecule has 3 aromatic heterocycles. The fourth-order valence-corrected chi connectivity index (χ4v) is 5.69. The molecule has 0 aliphatic heterocycles. The number of ether oxygens (including phenoxy) is 1. The van der Waals surface area contributed by atoms with Gasteiger partial charge in [-0.2, -0.15) is 16.7 Å². The molecule has 1 atom stereocenters. The van der Waals surface area contributed by atoms with Gasteiger partial charge in [0.1, 0.15) is 16.3 Å². The van der Waals surface area contributed by atoms with Crippen LogP contribution in [0.1, 0.15) is 45.0 Å². The number of hydrogen-bond donors (Lipinski definition) is 2. The number of rotatable bonds is 12. The lowest BCUT2D eigenvalue weighted by Gasteiger charge is -2.32. The maximum Gasteiger partial charge on any atom is 0.224 e. The van der Waals surface area contributed by atoms with Crippen LogP contribution in [-0.4, -0.2) is 57.7 Å². The van der Waals surface area contributed by atoms with Crippen molar-refractivity contribution < 1.29 is 4.74 Å². The zero-order chi connectivity index (χ0) is 24.0. The molecule has 2 N–H and O–H groups in total. The van der Waals surface area contributed by atoms with E-state index in [4.69, 9.17) is 19.7 Å². The first kappa shape index (κ1) is 25.6. The molecule has 0 spiro atoms. The topological polar surface area (TPSA) is 84.9 Å². The summed E-state index contributed by atoms with van der Waals surface area (Å²) in [6.07, 6.45) is 6.26. The van der Waals surface area contributed by atoms with E-state index < -0.39 is 0 Å². The number of aromatic nitrogens is 4. The third-order valence-corrected chi connectivity index (χ3v) is 8.59. The van der Waals surface area contributed by atoms with E-state index in [-0.39, 0.29) is 4.75 Å². The molecule has 1 unspecified atom stereocenters. The van der Waals surface area contributed by atoms with Gasteiger partial charge in [-0.1, -0.05) is 27.2 Å². The summed E-state index contributed by atoms with van der Waals surface area (Å²) in [6, 6.07) is 2.02. The first-order chi connectivity index (χ1) is 15.8. The van der Waals surface area contributed by atoms with Gasteiger partial charge < -0.3 is 15.4 Å². The van der Waals surface area contributed by atoms with Gasteiger partial charge in [0, 0.05) is 31.1 Å². The Bertz CT molecular complexity index is 1070. The number of anilines is 2. The van der Waals surface area contributed by atoms with E-state index in [1.54, 1.807) is 18.4 Å². The van der Waals surface area contributed by atoms with Crippen LogP contribution in [0, 0.1) is 19.8 Å². The molecule has 180 valence electrons. The summed E-state index contributed by atoms with van der Waals surface area (Å²) >= 11 is 3.59. The number of thiazole rings is 1. The largest absolute Gasteiger partial charge is 0.383 e. The molecule has 3 aromatic rings. The average molecular weight is 489 g/mol. The Balaban J connectivity index is 1.93. The summed E-state index contributed by atoms with van der Waals surface area (Å²) in [4.78, 5) is 18.9. The summed E-state index contributed by atoms with van der Waals surface area (Å²) in [6.45, 7) is 13.1. The summed E-state index contributed by atoms with van der Waals surface area (Å²) in [7, 11) is 1.69. The van der Waals surface area contributed by atoms with Crippen LogP contribution in [-0.2, 0) is 4.74 Å². The van der Waals surface area contributed by atoms with Crippen molar-refractivity contribution in [2.24, 2.45) is 5.92 Å². The Morgan fingerprint density at radius 3 is 2.58 bits per heavy atom. The molecular weight excluding hydrogens is 452 g/mol. The highest BCUT2D eigenvalue weighted by Crippen LogP contribution is 2.38. The molecule has 0 aliphatic carbocycles. The van der Waals surface area contributed by atoms with E-state index in [0.29, 0.717) is 25.0 Å². The third kappa shape index (κ3) is 6.13. The highest BCUT2D eigenvalue weighted by atomic mass is 32.2. The minimum atomic E-state index is 0.241. The highest BCUT2D eigenvalue weighted by Gasteiger charge is 2.27. The first-order valence-corrected chi connectivity index (χ1v) is 13.5. The van der Waals surface area contributed by atoms with Gasteiger partial charge in [-0.25, -0.2) is 9.97 Å². The molecule has 3 heterocycles. The monoisotopic (exact) mass is 488 g/mol. The zero-order valence-electron chi connectivity index (χ0n) is 20.8. The number of aryl methyl sites for hydroxylation is 2. The van der Waals surface area contributed by atoms with Gasteiger partial charge in [0.05, 0.1) is 28.3 Å². The van der Waals surface area contributed by atoms with E-state index in [1.807, 2.05) is 37.9 Å². The maximum absolute atomic E-state index is 5.16. The number of hydrogen-bond acceptors (Lipinski definition) is 9. The van der Waals surface area contributed by atoms with E-state index >= 15 is 0 Å². The minimum Gasteiger partial charge on any atom is -0.383 e. The van der Waals surface area contributed by atoms with Gasteiger partial charge in [-0.15, -0.1) is 11.3 Å². The summed E-state index contributed by atoms with van der Waals surface area (Å²) in [5.74, 6) is 2.04. The smallest absolute Gasteiger partial charge is 0.224 e. The minimum absolute atomic E-state index is 0.241. The van der Waals surface area contributed by atoms with Gasteiger partial charge in [-0.3, -0.25) is 4.98 Å². The van der Waals surface area contributed by atoms with Crippen LogP contribution in [0.3, 0.4) is 0 Å². The van der Waals surface area contributed by atoms with Crippen LogP contribution in [0.25, 0.3) is 20.8 Å². The second kappa shape index (κ2) is 11.4. The van der Waals surface area contributed by atoms with E-state index in [0.717, 1.165) is 57.4 Å². The molecule has 0 fully saturated rings. The first-order valence-electron chi connectivity index (χ1n) is 11.4. The predicted octanol–water partition coefficient (Wildman–Crippen LogP) is 5.79. The number of fused-ring (bicyclic) bond motifs is 1. The molecule has 3 rings (SSSR count). The molecule has 0 aromatic carbocycles. The Morgan fingerprint density at radius 2 is 1.91 bits per heavy atom. The summed E-state index contributed by atoms with van der Waals surface area (Å²) < 4.78 is 6.52. The van der Waals surface area contributed by atoms with Crippen molar-refractivity contribution in [3.05, 3.63) is 23.7 Å². The second-order valence-corrected chi connectivity index (χ2v) is 11.2. The molecule has 7 nitrogen and oxygen atoms in total. The van der Waals surface area contributed by atoms with Crippen LogP contribution in [0.5, 0.6) is 0 Å². The van der Waals surface area contributed by atoms with Crippen LogP contribution in [0.2, 0.25) is 0 Å². The van der Waals surface area contributed by atoms with Crippen LogP contribution < -0.4 is 10.6 Å². The normalized spacial score (nSPS) is 12.8. The fraction of sp³-hybridized carbons (Fsp3) is 0.583. The van der Waals surface area contributed by atoms with Gasteiger partial charge in [0.2, 0.25) is 5.95 Å². The zero-order valence-corrected chi connectivity index (χ0v) is 22.4. The van der Waals surface area contributed by atoms with Crippen LogP contribution >= 0.6 is 23.1 Å². The average Bonchev–Trinajstić information content (AvgIpc) is 3.21. The van der Waals surface area contributed by atoms with Crippen molar-refractivity contribution >= 4 is 45.1 Å². The summed E-state index contributed by atoms with van der Waals surface area (Å²) in [5.41, 5.74) is 3.74. The molecule has 0 aliphatic rings. The van der Waals surface area contributed by atoms with E-state index in [9.17, 15) is 0 Å². The van der Waals surface area contributed by atoms with Crippen molar-refractivity contribution in [2.75, 3.05) is 43.7 Å². The van der Waals surface area contributed by atoms with Gasteiger partial charge >= 0.3 is 0 Å². The molecule has 0 radical (unpaired) electrons. The second-order valence-electron chi connectivity index (χ2n) is 8.67. The Morgan fingerprint density at radius 1 is 1.12 bits per heavy atom. The van der Waals surface area contributed by atoms with Crippen LogP contribution in [0.15, 0.2) is 12.3 Å². The van der Waals surface area contributed by atoms with Gasteiger partial charge in [0.15, 0.2) is 0 Å². The van der Waals surface area contributed by atoms with Crippen molar-refractivity contribution in [3.63, 3.8) is 0 Å². The molecule has 0 bridgehead atoms. The number of nitrogens with one attached hydrogen (secondary N) is 2. The number of methoxy groups -OCH3 is 1. The molecule has 0 saturated heterocycles. The SMILES string of the molecule is CCC(CCNc1nc(NCCOC)nc(C)c1-c1nc2c(C)nccc2s1)C(C)(C)SC. The number of pyridine rings is 1. The fourth-order valence-electron chi connectivity index (χ4n) is 3.96. The van der Waals surface area contributed by atoms with Gasteiger partial charge in [-0.05, 0) is 38.5 Å². The Kier molecular flexibility index (Phi) is 8.89. The predicted molar refractivity (Wildman–Crippen MR) is 143 cm³/mol. The highest BCUT2D eigenvalue weighted by molar-refractivity contribution is 7.99. The third-order valence-electron chi connectivity index (χ3n) is 6.17. The lowest BCUT2D eigenvalue weighted by molar-refractivity contribution is 0.210. The van der Waals surface area contributed by atoms with Crippen molar-refractivity contribution in [3.8, 4) is 10.6 Å². The molecule has 0 saturated carbocycles. The van der Waals surface area contributed by atoms with E-state index in [1.165, 1.54) is 0 Å². The Labute approximate surface area is 205 Å². The van der Waals surface area contributed by atoms with Crippen LogP contribution in [0.4, 0.5) is 11.8 Å².